The first-order valence-corrected chi connectivity index (χ1v) is 9.69. The van der Waals surface area contributed by atoms with Crippen LogP contribution in [0.2, 0.25) is 0 Å². The number of anilines is 2. The van der Waals surface area contributed by atoms with Crippen LogP contribution in [0.4, 0.5) is 11.4 Å². The van der Waals surface area contributed by atoms with Crippen molar-refractivity contribution in [3.05, 3.63) is 54.1 Å². The highest BCUT2D eigenvalue weighted by atomic mass is 16.5. The molecule has 1 heterocycles. The van der Waals surface area contributed by atoms with Crippen LogP contribution >= 0.6 is 0 Å². The fourth-order valence-electron chi connectivity index (χ4n) is 3.36. The van der Waals surface area contributed by atoms with Crippen LogP contribution in [0, 0.1) is 5.92 Å². The lowest BCUT2D eigenvalue weighted by Crippen LogP contribution is -2.28. The van der Waals surface area contributed by atoms with Crippen molar-refractivity contribution in [2.45, 2.75) is 25.3 Å². The van der Waals surface area contributed by atoms with Crippen LogP contribution in [0.5, 0.6) is 5.75 Å². The molecule has 1 aliphatic carbocycles. The normalized spacial score (nSPS) is 18.4. The highest BCUT2D eigenvalue weighted by molar-refractivity contribution is 6.03. The number of benzene rings is 2. The van der Waals surface area contributed by atoms with Gasteiger partial charge in [-0.3, -0.25) is 14.4 Å². The molecule has 1 unspecified atom stereocenters. The van der Waals surface area contributed by atoms with Gasteiger partial charge in [0, 0.05) is 42.0 Å². The zero-order valence-electron chi connectivity index (χ0n) is 16.2. The van der Waals surface area contributed by atoms with Crippen molar-refractivity contribution in [3.8, 4) is 5.75 Å². The Morgan fingerprint density at radius 2 is 1.86 bits per heavy atom. The topological polar surface area (TPSA) is 87.7 Å². The number of hydrogen-bond acceptors (Lipinski definition) is 4. The summed E-state index contributed by atoms with van der Waals surface area (Å²) < 4.78 is 5.21. The molecule has 0 bridgehead atoms. The second kappa shape index (κ2) is 7.95. The minimum atomic E-state index is -0.438. The lowest BCUT2D eigenvalue weighted by atomic mass is 10.1. The van der Waals surface area contributed by atoms with Crippen molar-refractivity contribution < 1.29 is 19.1 Å². The molecule has 1 atom stereocenters. The summed E-state index contributed by atoms with van der Waals surface area (Å²) in [6.45, 7) is 0.319. The van der Waals surface area contributed by atoms with E-state index in [4.69, 9.17) is 4.74 Å². The van der Waals surface area contributed by atoms with Gasteiger partial charge < -0.3 is 20.3 Å². The Morgan fingerprint density at radius 1 is 1.10 bits per heavy atom. The second-order valence-corrected chi connectivity index (χ2v) is 7.42. The summed E-state index contributed by atoms with van der Waals surface area (Å²) in [5.41, 5.74) is 1.89. The van der Waals surface area contributed by atoms with Gasteiger partial charge in [0.15, 0.2) is 0 Å². The van der Waals surface area contributed by atoms with E-state index in [0.717, 1.165) is 18.5 Å². The number of nitrogens with one attached hydrogen (secondary N) is 2. The molecule has 0 spiro atoms. The van der Waals surface area contributed by atoms with Crippen LogP contribution in [-0.2, 0) is 9.59 Å². The van der Waals surface area contributed by atoms with Crippen LogP contribution in [0.15, 0.2) is 48.5 Å². The summed E-state index contributed by atoms with van der Waals surface area (Å²) in [6.07, 6.45) is 2.23. The molecule has 3 amide bonds. The first kappa shape index (κ1) is 19.0. The van der Waals surface area contributed by atoms with Crippen LogP contribution in [-0.4, -0.2) is 37.4 Å². The molecule has 1 saturated carbocycles. The maximum atomic E-state index is 12.6. The highest BCUT2D eigenvalue weighted by Crippen LogP contribution is 2.28. The van der Waals surface area contributed by atoms with Crippen LogP contribution in [0.3, 0.4) is 0 Å². The number of ether oxygens (including phenoxy) is 1. The molecule has 7 heteroatoms. The minimum absolute atomic E-state index is 0.0921. The van der Waals surface area contributed by atoms with E-state index in [9.17, 15) is 14.4 Å². The zero-order valence-corrected chi connectivity index (χ0v) is 16.2. The van der Waals surface area contributed by atoms with Gasteiger partial charge in [-0.1, -0.05) is 6.07 Å². The van der Waals surface area contributed by atoms with Gasteiger partial charge >= 0.3 is 0 Å². The molecule has 0 aromatic heterocycles. The Hall–Kier alpha value is -3.35. The molecule has 1 aliphatic heterocycles. The van der Waals surface area contributed by atoms with Gasteiger partial charge in [0.05, 0.1) is 13.0 Å². The standard InChI is InChI=1S/C22H23N3O4/c1-29-19-4-2-3-18(12-19)25-13-15(11-20(25)26)22(28)24-16-7-5-14(6-8-16)21(27)23-17-9-10-17/h2-8,12,15,17H,9-11,13H2,1H3,(H,23,27)(H,24,28). The van der Waals surface area contributed by atoms with E-state index in [1.54, 1.807) is 42.3 Å². The number of nitrogens with zero attached hydrogens (tertiary/aromatic N) is 1. The van der Waals surface area contributed by atoms with E-state index < -0.39 is 5.92 Å². The summed E-state index contributed by atoms with van der Waals surface area (Å²) >= 11 is 0. The van der Waals surface area contributed by atoms with E-state index >= 15 is 0 Å². The monoisotopic (exact) mass is 393 g/mol. The number of methoxy groups -OCH3 is 1. The Morgan fingerprint density at radius 3 is 2.55 bits per heavy atom. The molecule has 2 aromatic rings. The maximum absolute atomic E-state index is 12.6. The van der Waals surface area contributed by atoms with Crippen molar-refractivity contribution in [3.63, 3.8) is 0 Å². The lowest BCUT2D eigenvalue weighted by Gasteiger charge is -2.17. The molecule has 2 fully saturated rings. The van der Waals surface area contributed by atoms with Gasteiger partial charge in [0.1, 0.15) is 5.75 Å². The van der Waals surface area contributed by atoms with Crippen LogP contribution in [0.1, 0.15) is 29.6 Å². The van der Waals surface area contributed by atoms with Crippen molar-refractivity contribution in [1.82, 2.24) is 5.32 Å². The highest BCUT2D eigenvalue weighted by Gasteiger charge is 2.35. The predicted octanol–water partition coefficient (Wildman–Crippen LogP) is 2.58. The number of hydrogen-bond donors (Lipinski definition) is 2. The Kier molecular flexibility index (Phi) is 5.20. The average molecular weight is 393 g/mol. The molecule has 2 N–H and O–H groups in total. The first-order chi connectivity index (χ1) is 14.0. The molecule has 2 aliphatic rings. The molecule has 4 rings (SSSR count). The fraction of sp³-hybridized carbons (Fsp3) is 0.318. The maximum Gasteiger partial charge on any atom is 0.251 e. The van der Waals surface area contributed by atoms with Crippen molar-refractivity contribution in [2.75, 3.05) is 23.9 Å². The number of amides is 3. The summed E-state index contributed by atoms with van der Waals surface area (Å²) in [7, 11) is 1.57. The molecule has 29 heavy (non-hydrogen) atoms. The van der Waals surface area contributed by atoms with E-state index in [-0.39, 0.29) is 24.1 Å². The number of rotatable bonds is 6. The predicted molar refractivity (Wildman–Crippen MR) is 109 cm³/mol. The summed E-state index contributed by atoms with van der Waals surface area (Å²) in [5.74, 6) is -0.175. The number of carbonyl (C=O) groups is 3. The second-order valence-electron chi connectivity index (χ2n) is 7.42. The van der Waals surface area contributed by atoms with Gasteiger partial charge in [0.2, 0.25) is 11.8 Å². The fourth-order valence-corrected chi connectivity index (χ4v) is 3.36. The van der Waals surface area contributed by atoms with E-state index in [2.05, 4.69) is 10.6 Å². The molecule has 2 aromatic carbocycles. The Balaban J connectivity index is 1.37. The molecule has 0 radical (unpaired) electrons. The SMILES string of the molecule is COc1cccc(N2CC(C(=O)Nc3ccc(C(=O)NC4CC4)cc3)CC2=O)c1. The van der Waals surface area contributed by atoms with Crippen molar-refractivity contribution in [2.24, 2.45) is 5.92 Å². The first-order valence-electron chi connectivity index (χ1n) is 9.69. The lowest BCUT2D eigenvalue weighted by molar-refractivity contribution is -0.122. The largest absolute Gasteiger partial charge is 0.497 e. The van der Waals surface area contributed by atoms with E-state index in [1.807, 2.05) is 18.2 Å². The van der Waals surface area contributed by atoms with Gasteiger partial charge in [-0.25, -0.2) is 0 Å². The smallest absolute Gasteiger partial charge is 0.251 e. The third kappa shape index (κ3) is 4.39. The van der Waals surface area contributed by atoms with Gasteiger partial charge in [-0.15, -0.1) is 0 Å². The van der Waals surface area contributed by atoms with Crippen LogP contribution in [0.25, 0.3) is 0 Å². The molecular weight excluding hydrogens is 370 g/mol. The summed E-state index contributed by atoms with van der Waals surface area (Å²) in [5, 5.41) is 5.77. The minimum Gasteiger partial charge on any atom is -0.497 e. The van der Waals surface area contributed by atoms with Gasteiger partial charge in [-0.05, 0) is 49.2 Å². The van der Waals surface area contributed by atoms with E-state index in [0.29, 0.717) is 29.6 Å². The zero-order chi connectivity index (χ0) is 20.4. The molecular formula is C22H23N3O4. The molecule has 7 nitrogen and oxygen atoms in total. The summed E-state index contributed by atoms with van der Waals surface area (Å²) in [4.78, 5) is 38.7. The quantitative estimate of drug-likeness (QED) is 0.790. The third-order valence-corrected chi connectivity index (χ3v) is 5.19. The Labute approximate surface area is 169 Å². The van der Waals surface area contributed by atoms with Crippen molar-refractivity contribution >= 4 is 29.1 Å². The number of carbonyl (C=O) groups excluding carboxylic acids is 3. The van der Waals surface area contributed by atoms with Gasteiger partial charge in [-0.2, -0.15) is 0 Å². The average Bonchev–Trinajstić information content (AvgIpc) is 3.46. The third-order valence-electron chi connectivity index (χ3n) is 5.19. The summed E-state index contributed by atoms with van der Waals surface area (Å²) in [6, 6.07) is 14.3. The van der Waals surface area contributed by atoms with Gasteiger partial charge in [0.25, 0.3) is 5.91 Å². The Bertz CT molecular complexity index is 937. The molecule has 150 valence electrons. The molecule has 1 saturated heterocycles. The van der Waals surface area contributed by atoms with Crippen LogP contribution < -0.4 is 20.3 Å². The van der Waals surface area contributed by atoms with Crippen molar-refractivity contribution in [1.29, 1.82) is 0 Å². The van der Waals surface area contributed by atoms with E-state index in [1.165, 1.54) is 0 Å².